The molecule has 1 saturated heterocycles. The highest BCUT2D eigenvalue weighted by Gasteiger charge is 2.23. The quantitative estimate of drug-likeness (QED) is 0.849. The van der Waals surface area contributed by atoms with Gasteiger partial charge >= 0.3 is 0 Å². The Labute approximate surface area is 146 Å². The Kier molecular flexibility index (Phi) is 5.21. The Morgan fingerprint density at radius 3 is 2.96 bits per heavy atom. The first kappa shape index (κ1) is 16.9. The van der Waals surface area contributed by atoms with Crippen LogP contribution in [0.3, 0.4) is 0 Å². The number of aromatic nitrogens is 2. The Hall–Kier alpha value is -2.98. The van der Waals surface area contributed by atoms with Crippen LogP contribution in [-0.4, -0.2) is 40.4 Å². The van der Waals surface area contributed by atoms with E-state index < -0.39 is 0 Å². The topological polar surface area (TPSA) is 108 Å². The van der Waals surface area contributed by atoms with Crippen LogP contribution in [0.25, 0.3) is 0 Å². The molecule has 1 unspecified atom stereocenters. The van der Waals surface area contributed by atoms with Crippen LogP contribution < -0.4 is 11.1 Å². The standard InChI is InChI=1S/C18H20N6O/c19-7-13-2-1-3-16(6-13)17(25)21-8-14-4-5-24(11-14)12-15-9-22-18(20)23-10-15/h1-3,6,9-10,14H,4-5,8,11-12H2,(H,21,25)(H2,20,22,23). The number of hydrogen-bond donors (Lipinski definition) is 2. The Bertz CT molecular complexity index is 783. The third-order valence-corrected chi connectivity index (χ3v) is 4.31. The number of rotatable bonds is 5. The molecule has 3 N–H and O–H groups in total. The summed E-state index contributed by atoms with van der Waals surface area (Å²) in [6, 6.07) is 8.78. The molecule has 1 amide bonds. The van der Waals surface area contributed by atoms with Crippen molar-refractivity contribution in [3.8, 4) is 6.07 Å². The van der Waals surface area contributed by atoms with Gasteiger partial charge in [-0.2, -0.15) is 5.26 Å². The van der Waals surface area contributed by atoms with Crippen LogP contribution in [0, 0.1) is 17.2 Å². The third kappa shape index (κ3) is 4.52. The van der Waals surface area contributed by atoms with Crippen molar-refractivity contribution in [3.05, 3.63) is 53.3 Å². The maximum Gasteiger partial charge on any atom is 0.251 e. The number of likely N-dealkylation sites (tertiary alicyclic amines) is 1. The molecule has 0 spiro atoms. The van der Waals surface area contributed by atoms with E-state index in [0.29, 0.717) is 23.6 Å². The summed E-state index contributed by atoms with van der Waals surface area (Å²) in [6.45, 7) is 3.32. The summed E-state index contributed by atoms with van der Waals surface area (Å²) in [7, 11) is 0. The van der Waals surface area contributed by atoms with Crippen molar-refractivity contribution in [2.75, 3.05) is 25.4 Å². The van der Waals surface area contributed by atoms with Gasteiger partial charge in [-0.3, -0.25) is 9.69 Å². The van der Waals surface area contributed by atoms with Crippen molar-refractivity contribution < 1.29 is 4.79 Å². The van der Waals surface area contributed by atoms with Gasteiger partial charge in [0.1, 0.15) is 0 Å². The summed E-state index contributed by atoms with van der Waals surface area (Å²) in [5, 5.41) is 11.9. The van der Waals surface area contributed by atoms with Crippen LogP contribution in [0.15, 0.2) is 36.7 Å². The highest BCUT2D eigenvalue weighted by atomic mass is 16.1. The van der Waals surface area contributed by atoms with Gasteiger partial charge in [0.15, 0.2) is 0 Å². The fourth-order valence-electron chi connectivity index (χ4n) is 3.00. The van der Waals surface area contributed by atoms with Crippen LogP contribution in [-0.2, 0) is 6.54 Å². The zero-order valence-corrected chi connectivity index (χ0v) is 13.9. The Balaban J connectivity index is 1.47. The van der Waals surface area contributed by atoms with E-state index in [0.717, 1.165) is 31.6 Å². The van der Waals surface area contributed by atoms with Gasteiger partial charge in [-0.05, 0) is 37.1 Å². The predicted molar refractivity (Wildman–Crippen MR) is 93.3 cm³/mol. The summed E-state index contributed by atoms with van der Waals surface area (Å²) in [4.78, 5) is 22.5. The van der Waals surface area contributed by atoms with Crippen molar-refractivity contribution in [2.24, 2.45) is 5.92 Å². The average Bonchev–Trinajstić information content (AvgIpc) is 3.09. The minimum absolute atomic E-state index is 0.137. The number of nitrogens with two attached hydrogens (primary N) is 1. The number of nitriles is 1. The summed E-state index contributed by atoms with van der Waals surface area (Å²) >= 11 is 0. The predicted octanol–water partition coefficient (Wildman–Crippen LogP) is 1.18. The van der Waals surface area contributed by atoms with Crippen molar-refractivity contribution in [2.45, 2.75) is 13.0 Å². The van der Waals surface area contributed by atoms with Crippen molar-refractivity contribution >= 4 is 11.9 Å². The molecular weight excluding hydrogens is 316 g/mol. The lowest BCUT2D eigenvalue weighted by atomic mass is 10.1. The van der Waals surface area contributed by atoms with Crippen LogP contribution >= 0.6 is 0 Å². The van der Waals surface area contributed by atoms with E-state index in [1.54, 1.807) is 36.7 Å². The molecule has 0 aliphatic carbocycles. The van der Waals surface area contributed by atoms with E-state index in [-0.39, 0.29) is 11.9 Å². The first-order valence-electron chi connectivity index (χ1n) is 8.21. The zero-order valence-electron chi connectivity index (χ0n) is 13.9. The van der Waals surface area contributed by atoms with E-state index in [1.807, 2.05) is 6.07 Å². The number of amides is 1. The Morgan fingerprint density at radius 1 is 1.40 bits per heavy atom. The number of nitrogens with one attached hydrogen (secondary N) is 1. The summed E-state index contributed by atoms with van der Waals surface area (Å²) in [6.07, 6.45) is 4.54. The first-order chi connectivity index (χ1) is 12.1. The van der Waals surface area contributed by atoms with Crippen LogP contribution in [0.1, 0.15) is 27.9 Å². The van der Waals surface area contributed by atoms with Gasteiger partial charge in [0, 0.05) is 43.2 Å². The largest absolute Gasteiger partial charge is 0.368 e. The summed E-state index contributed by atoms with van der Waals surface area (Å²) < 4.78 is 0. The van der Waals surface area contributed by atoms with E-state index in [2.05, 4.69) is 20.2 Å². The molecule has 7 nitrogen and oxygen atoms in total. The molecule has 1 aliphatic rings. The second kappa shape index (κ2) is 7.73. The molecule has 0 radical (unpaired) electrons. The van der Waals surface area contributed by atoms with E-state index in [4.69, 9.17) is 11.0 Å². The maximum atomic E-state index is 12.2. The molecular formula is C18H20N6O. The fraction of sp³-hybridized carbons (Fsp3) is 0.333. The number of nitrogen functional groups attached to an aromatic ring is 1. The molecule has 1 aromatic carbocycles. The number of benzene rings is 1. The van der Waals surface area contributed by atoms with Crippen molar-refractivity contribution in [1.82, 2.24) is 20.2 Å². The third-order valence-electron chi connectivity index (χ3n) is 4.31. The number of carbonyl (C=O) groups excluding carboxylic acids is 1. The molecule has 0 saturated carbocycles. The first-order valence-corrected chi connectivity index (χ1v) is 8.21. The second-order valence-electron chi connectivity index (χ2n) is 6.24. The van der Waals surface area contributed by atoms with Crippen LogP contribution in [0.4, 0.5) is 5.95 Å². The second-order valence-corrected chi connectivity index (χ2v) is 6.24. The normalized spacial score (nSPS) is 17.2. The van der Waals surface area contributed by atoms with Crippen LogP contribution in [0.5, 0.6) is 0 Å². The number of carbonyl (C=O) groups is 1. The molecule has 2 heterocycles. The van der Waals surface area contributed by atoms with Crippen LogP contribution in [0.2, 0.25) is 0 Å². The molecule has 1 aliphatic heterocycles. The van der Waals surface area contributed by atoms with Crippen molar-refractivity contribution in [3.63, 3.8) is 0 Å². The zero-order chi connectivity index (χ0) is 17.6. The molecule has 128 valence electrons. The van der Waals surface area contributed by atoms with Crippen molar-refractivity contribution in [1.29, 1.82) is 5.26 Å². The van der Waals surface area contributed by atoms with Gasteiger partial charge < -0.3 is 11.1 Å². The molecule has 1 fully saturated rings. The average molecular weight is 336 g/mol. The molecule has 0 bridgehead atoms. The lowest BCUT2D eigenvalue weighted by molar-refractivity contribution is 0.0947. The number of hydrogen-bond acceptors (Lipinski definition) is 6. The van der Waals surface area contributed by atoms with Gasteiger partial charge in [-0.1, -0.05) is 6.07 Å². The molecule has 7 heteroatoms. The minimum Gasteiger partial charge on any atom is -0.368 e. The van der Waals surface area contributed by atoms with E-state index in [9.17, 15) is 4.79 Å². The number of anilines is 1. The lowest BCUT2D eigenvalue weighted by Crippen LogP contribution is -2.31. The Morgan fingerprint density at radius 2 is 2.20 bits per heavy atom. The van der Waals surface area contributed by atoms with Gasteiger partial charge in [-0.25, -0.2) is 9.97 Å². The van der Waals surface area contributed by atoms with Gasteiger partial charge in [0.25, 0.3) is 5.91 Å². The fourth-order valence-corrected chi connectivity index (χ4v) is 3.00. The van der Waals surface area contributed by atoms with Gasteiger partial charge in [-0.15, -0.1) is 0 Å². The lowest BCUT2D eigenvalue weighted by Gasteiger charge is -2.16. The molecule has 1 atom stereocenters. The van der Waals surface area contributed by atoms with Gasteiger partial charge in [0.2, 0.25) is 5.95 Å². The maximum absolute atomic E-state index is 12.2. The summed E-state index contributed by atoms with van der Waals surface area (Å²) in [5.41, 5.74) is 7.54. The molecule has 25 heavy (non-hydrogen) atoms. The van der Waals surface area contributed by atoms with E-state index in [1.165, 1.54) is 0 Å². The molecule has 3 rings (SSSR count). The molecule has 1 aromatic heterocycles. The monoisotopic (exact) mass is 336 g/mol. The highest BCUT2D eigenvalue weighted by molar-refractivity contribution is 5.94. The highest BCUT2D eigenvalue weighted by Crippen LogP contribution is 2.18. The smallest absolute Gasteiger partial charge is 0.251 e. The molecule has 2 aromatic rings. The minimum atomic E-state index is -0.137. The van der Waals surface area contributed by atoms with E-state index >= 15 is 0 Å². The summed E-state index contributed by atoms with van der Waals surface area (Å²) in [5.74, 6) is 0.562. The van der Waals surface area contributed by atoms with Gasteiger partial charge in [0.05, 0.1) is 11.6 Å². The number of nitrogens with zero attached hydrogens (tertiary/aromatic N) is 4. The SMILES string of the molecule is N#Cc1cccc(C(=O)NCC2CCN(Cc3cnc(N)nc3)C2)c1.